The van der Waals surface area contributed by atoms with Crippen LogP contribution in [0, 0.1) is 0 Å². The van der Waals surface area contributed by atoms with Crippen LogP contribution in [0.2, 0.25) is 0 Å². The van der Waals surface area contributed by atoms with Gasteiger partial charge in [-0.2, -0.15) is 0 Å². The highest BCUT2D eigenvalue weighted by molar-refractivity contribution is 6.05. The molecule has 0 radical (unpaired) electrons. The molecule has 0 spiro atoms. The topological polar surface area (TPSA) is 90.0 Å². The van der Waals surface area contributed by atoms with Crippen molar-refractivity contribution in [1.29, 1.82) is 0 Å². The molecule has 0 saturated carbocycles. The molecule has 1 fully saturated rings. The molecular weight excluding hydrogens is 242 g/mol. The molecule has 7 nitrogen and oxygen atoms in total. The molecule has 1 heterocycles. The summed E-state index contributed by atoms with van der Waals surface area (Å²) in [7, 11) is 1.31. The lowest BCUT2D eigenvalue weighted by atomic mass is 10.3. The Morgan fingerprint density at radius 1 is 1.44 bits per heavy atom. The molecule has 1 aliphatic rings. The van der Waals surface area contributed by atoms with Gasteiger partial charge in [-0.1, -0.05) is 6.58 Å². The molecule has 1 saturated heterocycles. The van der Waals surface area contributed by atoms with E-state index in [1.54, 1.807) is 0 Å². The van der Waals surface area contributed by atoms with Crippen LogP contribution < -0.4 is 0 Å². The summed E-state index contributed by atoms with van der Waals surface area (Å²) in [5.74, 6) is -2.61. The Morgan fingerprint density at radius 3 is 2.50 bits per heavy atom. The van der Waals surface area contributed by atoms with Crippen molar-refractivity contribution in [3.8, 4) is 0 Å². The van der Waals surface area contributed by atoms with Crippen LogP contribution >= 0.6 is 0 Å². The van der Waals surface area contributed by atoms with Crippen molar-refractivity contribution in [2.75, 3.05) is 13.7 Å². The number of hydrogen-bond acceptors (Lipinski definition) is 6. The molecule has 7 heteroatoms. The Balaban J connectivity index is 2.42. The van der Waals surface area contributed by atoms with Gasteiger partial charge in [-0.15, -0.1) is 0 Å². The number of amides is 2. The molecule has 18 heavy (non-hydrogen) atoms. The van der Waals surface area contributed by atoms with Gasteiger partial charge in [0.2, 0.25) is 5.91 Å². The van der Waals surface area contributed by atoms with Gasteiger partial charge in [-0.3, -0.25) is 14.5 Å². The third-order valence-electron chi connectivity index (χ3n) is 2.28. The van der Waals surface area contributed by atoms with Crippen molar-refractivity contribution < 1.29 is 28.7 Å². The first-order valence-corrected chi connectivity index (χ1v) is 5.15. The highest BCUT2D eigenvalue weighted by Crippen LogP contribution is 2.14. The lowest BCUT2D eigenvalue weighted by molar-refractivity contribution is -0.163. The summed E-state index contributed by atoms with van der Waals surface area (Å²) in [5, 5.41) is 0. The molecule has 0 N–H and O–H groups in total. The summed E-state index contributed by atoms with van der Waals surface area (Å²) in [5.41, 5.74) is 0.148. The first-order valence-electron chi connectivity index (χ1n) is 5.15. The third-order valence-corrected chi connectivity index (χ3v) is 2.28. The number of likely N-dealkylation sites (tertiary alicyclic amines) is 1. The predicted octanol–water partition coefficient (Wildman–Crippen LogP) is -0.594. The van der Waals surface area contributed by atoms with Crippen molar-refractivity contribution >= 4 is 23.8 Å². The predicted molar refractivity (Wildman–Crippen MR) is 58.0 cm³/mol. The van der Waals surface area contributed by atoms with Gasteiger partial charge in [0.15, 0.2) is 12.7 Å². The van der Waals surface area contributed by atoms with Gasteiger partial charge in [0.05, 0.1) is 6.42 Å². The second-order valence-electron chi connectivity index (χ2n) is 3.83. The Morgan fingerprint density at radius 2 is 2.06 bits per heavy atom. The Hall–Kier alpha value is -2.18. The van der Waals surface area contributed by atoms with Crippen LogP contribution in [-0.4, -0.2) is 48.4 Å². The van der Waals surface area contributed by atoms with E-state index in [0.29, 0.717) is 0 Å². The standard InChI is InChI=1S/C11H13NO6/c1-6(2)11(16)17-5-9(14)18-7-4-8(13)12(3)10(7)15/h7H,1,4-5H2,2-3H3. The number of imide groups is 1. The smallest absolute Gasteiger partial charge is 0.345 e. The maximum atomic E-state index is 11.4. The van der Waals surface area contributed by atoms with Crippen molar-refractivity contribution in [2.24, 2.45) is 0 Å². The lowest BCUT2D eigenvalue weighted by Gasteiger charge is -2.10. The minimum absolute atomic E-state index is 0.148. The van der Waals surface area contributed by atoms with Crippen molar-refractivity contribution in [3.05, 3.63) is 12.2 Å². The number of rotatable bonds is 4. The molecule has 1 rings (SSSR count). The number of likely N-dealkylation sites (N-methyl/N-ethyl adjacent to an activating group) is 1. The second-order valence-corrected chi connectivity index (χ2v) is 3.83. The Labute approximate surface area is 103 Å². The molecule has 0 bridgehead atoms. The summed E-state index contributed by atoms with van der Waals surface area (Å²) in [6, 6.07) is 0. The molecule has 0 aromatic carbocycles. The maximum Gasteiger partial charge on any atom is 0.345 e. The summed E-state index contributed by atoms with van der Waals surface area (Å²) >= 11 is 0. The van der Waals surface area contributed by atoms with Crippen LogP contribution in [0.4, 0.5) is 0 Å². The zero-order valence-electron chi connectivity index (χ0n) is 10.1. The maximum absolute atomic E-state index is 11.4. The van der Waals surface area contributed by atoms with Crippen molar-refractivity contribution in [1.82, 2.24) is 4.90 Å². The summed E-state index contributed by atoms with van der Waals surface area (Å²) in [6.45, 7) is 4.15. The molecule has 1 unspecified atom stereocenters. The third kappa shape index (κ3) is 3.16. The van der Waals surface area contributed by atoms with E-state index in [4.69, 9.17) is 4.74 Å². The highest BCUT2D eigenvalue weighted by Gasteiger charge is 2.38. The fourth-order valence-electron chi connectivity index (χ4n) is 1.25. The van der Waals surface area contributed by atoms with E-state index >= 15 is 0 Å². The van der Waals surface area contributed by atoms with Gasteiger partial charge in [-0.05, 0) is 6.92 Å². The van der Waals surface area contributed by atoms with Gasteiger partial charge < -0.3 is 9.47 Å². The van der Waals surface area contributed by atoms with Gasteiger partial charge in [0.1, 0.15) is 0 Å². The van der Waals surface area contributed by atoms with Crippen LogP contribution in [0.5, 0.6) is 0 Å². The average molecular weight is 255 g/mol. The molecular formula is C11H13NO6. The number of carbonyl (C=O) groups excluding carboxylic acids is 4. The normalized spacial score (nSPS) is 18.8. The minimum Gasteiger partial charge on any atom is -0.450 e. The van der Waals surface area contributed by atoms with Gasteiger partial charge in [-0.25, -0.2) is 9.59 Å². The van der Waals surface area contributed by atoms with Crippen LogP contribution in [0.15, 0.2) is 12.2 Å². The van der Waals surface area contributed by atoms with E-state index in [1.807, 2.05) is 0 Å². The highest BCUT2D eigenvalue weighted by atomic mass is 16.6. The van der Waals surface area contributed by atoms with Crippen molar-refractivity contribution in [3.63, 3.8) is 0 Å². The average Bonchev–Trinajstić information content (AvgIpc) is 2.54. The molecule has 1 aliphatic heterocycles. The fraction of sp³-hybridized carbons (Fsp3) is 0.455. The number of nitrogens with zero attached hydrogens (tertiary/aromatic N) is 1. The van der Waals surface area contributed by atoms with E-state index in [0.717, 1.165) is 4.90 Å². The lowest BCUT2D eigenvalue weighted by Crippen LogP contribution is -2.31. The Bertz CT molecular complexity index is 427. The Kier molecular flexibility index (Phi) is 4.19. The van der Waals surface area contributed by atoms with Crippen LogP contribution in [0.3, 0.4) is 0 Å². The zero-order valence-corrected chi connectivity index (χ0v) is 10.1. The summed E-state index contributed by atoms with van der Waals surface area (Å²) in [6.07, 6.45) is -1.31. The second kappa shape index (κ2) is 5.44. The largest absolute Gasteiger partial charge is 0.450 e. The summed E-state index contributed by atoms with van der Waals surface area (Å²) < 4.78 is 9.28. The van der Waals surface area contributed by atoms with E-state index in [1.165, 1.54) is 14.0 Å². The van der Waals surface area contributed by atoms with E-state index in [-0.39, 0.29) is 12.0 Å². The van der Waals surface area contributed by atoms with E-state index in [2.05, 4.69) is 11.3 Å². The van der Waals surface area contributed by atoms with Gasteiger partial charge >= 0.3 is 11.9 Å². The molecule has 0 aliphatic carbocycles. The SMILES string of the molecule is C=C(C)C(=O)OCC(=O)OC1CC(=O)N(C)C1=O. The number of carbonyl (C=O) groups is 4. The molecule has 98 valence electrons. The number of hydrogen-bond donors (Lipinski definition) is 0. The molecule has 0 aromatic rings. The molecule has 0 aromatic heterocycles. The first-order chi connectivity index (χ1) is 8.32. The fourth-order valence-corrected chi connectivity index (χ4v) is 1.25. The summed E-state index contributed by atoms with van der Waals surface area (Å²) in [4.78, 5) is 45.7. The number of ether oxygens (including phenoxy) is 2. The first kappa shape index (κ1) is 13.9. The quantitative estimate of drug-likeness (QED) is 0.379. The molecule has 2 amide bonds. The van der Waals surface area contributed by atoms with E-state index in [9.17, 15) is 19.2 Å². The molecule has 1 atom stereocenters. The minimum atomic E-state index is -1.13. The monoisotopic (exact) mass is 255 g/mol. The van der Waals surface area contributed by atoms with Crippen molar-refractivity contribution in [2.45, 2.75) is 19.4 Å². The van der Waals surface area contributed by atoms with Crippen LogP contribution in [0.1, 0.15) is 13.3 Å². The zero-order chi connectivity index (χ0) is 13.9. The van der Waals surface area contributed by atoms with Crippen LogP contribution in [-0.2, 0) is 28.7 Å². The van der Waals surface area contributed by atoms with Gasteiger partial charge in [0, 0.05) is 12.6 Å². The van der Waals surface area contributed by atoms with Gasteiger partial charge in [0.25, 0.3) is 5.91 Å². The number of esters is 2. The van der Waals surface area contributed by atoms with Crippen LogP contribution in [0.25, 0.3) is 0 Å². The van der Waals surface area contributed by atoms with E-state index < -0.39 is 36.5 Å².